The first-order valence-corrected chi connectivity index (χ1v) is 10.3. The molecule has 5 aromatic rings. The number of amides is 1. The lowest BCUT2D eigenvalue weighted by Crippen LogP contribution is -2.08. The molecule has 4 heterocycles. The molecular weight excluding hydrogens is 452 g/mol. The van der Waals surface area contributed by atoms with Gasteiger partial charge in [-0.15, -0.1) is 25.5 Å². The average Bonchev–Trinajstić information content (AvgIpc) is 3.57. The number of anilines is 1. The Labute approximate surface area is 187 Å². The van der Waals surface area contributed by atoms with E-state index in [1.54, 1.807) is 42.2 Å². The highest BCUT2D eigenvalue weighted by Gasteiger charge is 2.25. The fraction of sp³-hybridized carbons (Fsp3) is 0.118. The van der Waals surface area contributed by atoms with Crippen molar-refractivity contribution in [2.45, 2.75) is 10.9 Å². The number of thioether (sulfide) groups is 1. The number of rotatable bonds is 6. The summed E-state index contributed by atoms with van der Waals surface area (Å²) in [6, 6.07) is 7.08. The summed E-state index contributed by atoms with van der Waals surface area (Å²) in [4.78, 5) is 15.7. The van der Waals surface area contributed by atoms with Crippen molar-refractivity contribution in [1.29, 1.82) is 0 Å². The molecule has 166 valence electrons. The molecule has 0 saturated carbocycles. The quantitative estimate of drug-likeness (QED) is 0.243. The number of nitrogens with two attached hydrogens (primary N) is 1. The zero-order valence-corrected chi connectivity index (χ0v) is 17.6. The Hall–Kier alpha value is -4.60. The van der Waals surface area contributed by atoms with E-state index >= 15 is 0 Å². The van der Waals surface area contributed by atoms with Crippen LogP contribution in [0.4, 0.5) is 11.5 Å². The number of carbonyl (C=O) groups excluding carboxylic acids is 1. The maximum Gasteiger partial charge on any atom is 0.317 e. The van der Waals surface area contributed by atoms with Gasteiger partial charge in [0.05, 0.1) is 11.2 Å². The van der Waals surface area contributed by atoms with Gasteiger partial charge < -0.3 is 20.4 Å². The smallest absolute Gasteiger partial charge is 0.317 e. The molecule has 16 heteroatoms. The van der Waals surface area contributed by atoms with E-state index in [1.165, 1.54) is 16.4 Å². The molecule has 4 N–H and O–H groups in total. The van der Waals surface area contributed by atoms with Crippen LogP contribution in [0.15, 0.2) is 50.6 Å². The predicted molar refractivity (Wildman–Crippen MR) is 113 cm³/mol. The van der Waals surface area contributed by atoms with Crippen LogP contribution in [0.25, 0.3) is 16.7 Å². The molecule has 15 nitrogen and oxygen atoms in total. The Morgan fingerprint density at radius 2 is 2.15 bits per heavy atom. The first-order chi connectivity index (χ1) is 16.0. The highest BCUT2D eigenvalue weighted by atomic mass is 32.2. The van der Waals surface area contributed by atoms with Crippen LogP contribution < -0.4 is 5.73 Å². The number of para-hydroxylation sites is 1. The van der Waals surface area contributed by atoms with Crippen LogP contribution in [0.5, 0.6) is 5.88 Å². The number of benzene rings is 1. The van der Waals surface area contributed by atoms with Crippen LogP contribution >= 0.6 is 11.8 Å². The molecule has 0 saturated heterocycles. The number of fused-ring (bicyclic) bond motifs is 1. The number of aromatic nitrogens is 9. The summed E-state index contributed by atoms with van der Waals surface area (Å²) in [5.41, 5.74) is 6.80. The lowest BCUT2D eigenvalue weighted by atomic mass is 10.2. The number of aromatic hydroxyl groups is 1. The van der Waals surface area contributed by atoms with Crippen molar-refractivity contribution in [2.24, 2.45) is 17.3 Å². The molecule has 0 unspecified atom stereocenters. The summed E-state index contributed by atoms with van der Waals surface area (Å²) in [7, 11) is 1.78. The van der Waals surface area contributed by atoms with Crippen LogP contribution in [0, 0.1) is 0 Å². The van der Waals surface area contributed by atoms with Gasteiger partial charge in [0.2, 0.25) is 17.5 Å². The summed E-state index contributed by atoms with van der Waals surface area (Å²) < 4.78 is 7.59. The molecule has 0 radical (unpaired) electrons. The van der Waals surface area contributed by atoms with Gasteiger partial charge in [0.15, 0.2) is 16.5 Å². The predicted octanol–water partition coefficient (Wildman–Crippen LogP) is 1.76. The van der Waals surface area contributed by atoms with Crippen molar-refractivity contribution in [3.63, 3.8) is 0 Å². The largest absolute Gasteiger partial charge is 0.493 e. The molecule has 0 aliphatic rings. The van der Waals surface area contributed by atoms with E-state index in [-0.39, 0.29) is 34.6 Å². The Morgan fingerprint density at radius 1 is 1.30 bits per heavy atom. The first kappa shape index (κ1) is 20.3. The summed E-state index contributed by atoms with van der Waals surface area (Å²) in [6.07, 6.45) is 1.55. The molecular formula is C17H14N12O3S. The fourth-order valence-electron chi connectivity index (χ4n) is 3.00. The minimum atomic E-state index is -0.783. The maximum atomic E-state index is 12.9. The molecule has 1 aromatic carbocycles. The molecule has 0 atom stereocenters. The number of aromatic amines is 1. The van der Waals surface area contributed by atoms with E-state index in [4.69, 9.17) is 5.73 Å². The molecule has 4 aromatic heterocycles. The Morgan fingerprint density at radius 3 is 2.91 bits per heavy atom. The number of H-pyrrole nitrogens is 1. The number of hydrogen-bond donors (Lipinski definition) is 3. The lowest BCUT2D eigenvalue weighted by molar-refractivity contribution is 0.0989. The van der Waals surface area contributed by atoms with Crippen LogP contribution in [0.3, 0.4) is 0 Å². The molecule has 5 rings (SSSR count). The average molecular weight is 466 g/mol. The Kier molecular flexibility index (Phi) is 5.02. The minimum Gasteiger partial charge on any atom is -0.493 e. The third-order valence-corrected chi connectivity index (χ3v) is 5.62. The van der Waals surface area contributed by atoms with E-state index in [0.717, 1.165) is 0 Å². The second-order valence-corrected chi connectivity index (χ2v) is 7.60. The number of nitrogens with zero attached hydrogens (tertiary/aromatic N) is 10. The highest BCUT2D eigenvalue weighted by Crippen LogP contribution is 2.35. The van der Waals surface area contributed by atoms with Crippen molar-refractivity contribution in [1.82, 2.24) is 45.1 Å². The van der Waals surface area contributed by atoms with Gasteiger partial charge in [0.25, 0.3) is 0 Å². The summed E-state index contributed by atoms with van der Waals surface area (Å²) in [5, 5.41) is 42.0. The van der Waals surface area contributed by atoms with E-state index in [1.807, 2.05) is 0 Å². The summed E-state index contributed by atoms with van der Waals surface area (Å²) >= 11 is 1.28. The molecule has 0 aliphatic carbocycles. The Balaban J connectivity index is 1.50. The highest BCUT2D eigenvalue weighted by molar-refractivity contribution is 7.98. The van der Waals surface area contributed by atoms with Gasteiger partial charge in [0.1, 0.15) is 6.33 Å². The van der Waals surface area contributed by atoms with Crippen LogP contribution in [-0.4, -0.2) is 56.1 Å². The first-order valence-electron chi connectivity index (χ1n) is 9.28. The third-order valence-electron chi connectivity index (χ3n) is 4.57. The normalized spacial score (nSPS) is 11.7. The van der Waals surface area contributed by atoms with Crippen LogP contribution in [0.2, 0.25) is 0 Å². The summed E-state index contributed by atoms with van der Waals surface area (Å²) in [5.74, 6) is -0.762. The molecule has 0 fully saturated rings. The number of hydrogen-bond acceptors (Lipinski definition) is 12. The van der Waals surface area contributed by atoms with Gasteiger partial charge in [-0.25, -0.2) is 4.63 Å². The number of azo groups is 1. The van der Waals surface area contributed by atoms with E-state index in [0.29, 0.717) is 21.8 Å². The van der Waals surface area contributed by atoms with Crippen molar-refractivity contribution in [2.75, 3.05) is 5.73 Å². The molecule has 0 spiro atoms. The minimum absolute atomic E-state index is 0.0332. The zero-order chi connectivity index (χ0) is 22.9. The SMILES string of the molecule is Cn1cnnc1SCc1c(C(=O)N=Nc2c(O)[nH]c3ccccc23)nnn1-c1nonc1N. The van der Waals surface area contributed by atoms with Gasteiger partial charge in [-0.05, 0) is 16.4 Å². The molecule has 33 heavy (non-hydrogen) atoms. The van der Waals surface area contributed by atoms with Gasteiger partial charge in [0, 0.05) is 18.2 Å². The van der Waals surface area contributed by atoms with Crippen LogP contribution in [-0.2, 0) is 12.8 Å². The topological polar surface area (TPSA) is 204 Å². The van der Waals surface area contributed by atoms with Gasteiger partial charge in [-0.1, -0.05) is 35.2 Å². The summed E-state index contributed by atoms with van der Waals surface area (Å²) in [6.45, 7) is 0. The van der Waals surface area contributed by atoms with E-state index in [2.05, 4.69) is 50.7 Å². The zero-order valence-electron chi connectivity index (χ0n) is 16.8. The van der Waals surface area contributed by atoms with Gasteiger partial charge in [-0.2, -0.15) is 4.68 Å². The van der Waals surface area contributed by atoms with E-state index < -0.39 is 5.91 Å². The lowest BCUT2D eigenvalue weighted by Gasteiger charge is -2.04. The third kappa shape index (κ3) is 3.67. The number of carbonyl (C=O) groups is 1. The Bertz CT molecular complexity index is 1500. The van der Waals surface area contributed by atoms with Crippen molar-refractivity contribution in [3.05, 3.63) is 42.0 Å². The van der Waals surface area contributed by atoms with Crippen LogP contribution in [0.1, 0.15) is 16.2 Å². The van der Waals surface area contributed by atoms with E-state index in [9.17, 15) is 9.90 Å². The fourth-order valence-corrected chi connectivity index (χ4v) is 3.88. The number of aryl methyl sites for hydroxylation is 1. The number of nitrogen functional groups attached to an aromatic ring is 1. The van der Waals surface area contributed by atoms with Crippen molar-refractivity contribution >= 4 is 40.1 Å². The second-order valence-electron chi connectivity index (χ2n) is 6.66. The molecule has 0 aliphatic heterocycles. The molecule has 1 amide bonds. The van der Waals surface area contributed by atoms with Crippen molar-refractivity contribution in [3.8, 4) is 11.7 Å². The second kappa shape index (κ2) is 8.15. The number of nitrogens with one attached hydrogen (secondary N) is 1. The van der Waals surface area contributed by atoms with Crippen molar-refractivity contribution < 1.29 is 14.5 Å². The monoisotopic (exact) mass is 466 g/mol. The maximum absolute atomic E-state index is 12.9. The standard InChI is InChI=1S/C17H14N12O3S/c1-28-7-19-24-17(28)33-6-10-12(22-27-29(10)14-13(18)25-32-26-14)16(31)23-21-11-8-4-2-3-5-9(8)20-15(11)30/h2-5,7,20,30H,6H2,1H3,(H2,18,25). The molecule has 0 bridgehead atoms. The van der Waals surface area contributed by atoms with Gasteiger partial charge >= 0.3 is 5.91 Å². The van der Waals surface area contributed by atoms with Gasteiger partial charge in [-0.3, -0.25) is 4.79 Å².